The van der Waals surface area contributed by atoms with Gasteiger partial charge in [-0.3, -0.25) is 4.79 Å². The minimum Gasteiger partial charge on any atom is -0.268 e. The van der Waals surface area contributed by atoms with Gasteiger partial charge in [0.1, 0.15) is 17.0 Å². The first-order valence-corrected chi connectivity index (χ1v) is 6.69. The third-order valence-electron chi connectivity index (χ3n) is 2.86. The van der Waals surface area contributed by atoms with Gasteiger partial charge in [-0.2, -0.15) is 13.2 Å². The molecule has 0 unspecified atom stereocenters. The lowest BCUT2D eigenvalue weighted by atomic mass is 10.2. The van der Waals surface area contributed by atoms with Gasteiger partial charge in [0.25, 0.3) is 5.56 Å². The zero-order valence-electron chi connectivity index (χ0n) is 10.8. The Morgan fingerprint density at radius 2 is 1.95 bits per heavy atom. The summed E-state index contributed by atoms with van der Waals surface area (Å²) in [6.45, 7) is 1.42. The van der Waals surface area contributed by atoms with Crippen molar-refractivity contribution in [3.63, 3.8) is 0 Å². The Morgan fingerprint density at radius 3 is 2.59 bits per heavy atom. The van der Waals surface area contributed by atoms with E-state index in [1.165, 1.54) is 19.1 Å². The number of halogens is 4. The van der Waals surface area contributed by atoms with Crippen LogP contribution in [0.4, 0.5) is 17.6 Å². The average molecular weight is 330 g/mol. The highest BCUT2D eigenvalue weighted by atomic mass is 32.1. The van der Waals surface area contributed by atoms with Gasteiger partial charge < -0.3 is 0 Å². The van der Waals surface area contributed by atoms with Crippen LogP contribution in [0.1, 0.15) is 10.8 Å². The van der Waals surface area contributed by atoms with Gasteiger partial charge in [0.05, 0.1) is 5.52 Å². The molecule has 0 fully saturated rings. The topological polar surface area (TPSA) is 60.7 Å². The number of alkyl halides is 3. The van der Waals surface area contributed by atoms with E-state index in [0.29, 0.717) is 0 Å². The maximum absolute atomic E-state index is 13.8. The predicted octanol–water partition coefficient (Wildman–Crippen LogP) is 2.70. The van der Waals surface area contributed by atoms with Gasteiger partial charge in [0.15, 0.2) is 0 Å². The summed E-state index contributed by atoms with van der Waals surface area (Å²) >= 11 is 0.189. The van der Waals surface area contributed by atoms with E-state index in [1.807, 2.05) is 0 Å². The standard InChI is InChI=1S/C12H6F4N4OS/c1-5-17-7-4-2-3-6(13)8(7)9(21)20(5)11-19-18-10(22-11)12(14,15)16/h2-4H,1H3. The summed E-state index contributed by atoms with van der Waals surface area (Å²) in [6.07, 6.45) is -4.66. The minimum atomic E-state index is -4.66. The average Bonchev–Trinajstić information content (AvgIpc) is 2.87. The number of rotatable bonds is 1. The lowest BCUT2D eigenvalue weighted by Crippen LogP contribution is -2.23. The fraction of sp³-hybridized carbons (Fsp3) is 0.167. The van der Waals surface area contributed by atoms with Crippen molar-refractivity contribution in [2.75, 3.05) is 0 Å². The number of hydrogen-bond acceptors (Lipinski definition) is 5. The second-order valence-corrected chi connectivity index (χ2v) is 5.28. The van der Waals surface area contributed by atoms with Gasteiger partial charge in [-0.1, -0.05) is 17.4 Å². The molecule has 0 atom stereocenters. The van der Waals surface area contributed by atoms with E-state index in [1.54, 1.807) is 0 Å². The molecule has 10 heteroatoms. The molecule has 2 aromatic heterocycles. The van der Waals surface area contributed by atoms with Crippen molar-refractivity contribution in [2.24, 2.45) is 0 Å². The molecule has 3 rings (SSSR count). The van der Waals surface area contributed by atoms with E-state index in [4.69, 9.17) is 0 Å². The van der Waals surface area contributed by atoms with Gasteiger partial charge in [-0.05, 0) is 19.1 Å². The smallest absolute Gasteiger partial charge is 0.268 e. The lowest BCUT2D eigenvalue weighted by molar-refractivity contribution is -0.138. The third kappa shape index (κ3) is 2.25. The summed E-state index contributed by atoms with van der Waals surface area (Å²) < 4.78 is 52.4. The zero-order chi connectivity index (χ0) is 16.1. The number of aromatic nitrogens is 4. The fourth-order valence-corrected chi connectivity index (χ4v) is 2.70. The molecule has 2 heterocycles. The normalized spacial score (nSPS) is 12.0. The fourth-order valence-electron chi connectivity index (χ4n) is 1.95. The van der Waals surface area contributed by atoms with E-state index in [9.17, 15) is 22.4 Å². The van der Waals surface area contributed by atoms with Crippen LogP contribution in [0.5, 0.6) is 0 Å². The Kier molecular flexibility index (Phi) is 3.20. The third-order valence-corrected chi connectivity index (χ3v) is 3.82. The van der Waals surface area contributed by atoms with Crippen LogP contribution < -0.4 is 5.56 Å². The maximum atomic E-state index is 13.8. The van der Waals surface area contributed by atoms with Crippen molar-refractivity contribution in [1.29, 1.82) is 0 Å². The highest BCUT2D eigenvalue weighted by molar-refractivity contribution is 7.13. The van der Waals surface area contributed by atoms with Crippen LogP contribution in [0.25, 0.3) is 16.0 Å². The van der Waals surface area contributed by atoms with E-state index < -0.39 is 22.6 Å². The molecule has 0 N–H and O–H groups in total. The summed E-state index contributed by atoms with van der Waals surface area (Å²) in [4.78, 5) is 16.4. The molecule has 114 valence electrons. The van der Waals surface area contributed by atoms with Crippen LogP contribution in [-0.2, 0) is 6.18 Å². The molecule has 0 saturated carbocycles. The number of nitrogens with zero attached hydrogens (tertiary/aromatic N) is 4. The quantitative estimate of drug-likeness (QED) is 0.644. The highest BCUT2D eigenvalue weighted by Gasteiger charge is 2.36. The molecule has 0 radical (unpaired) electrons. The van der Waals surface area contributed by atoms with Crippen LogP contribution in [0, 0.1) is 12.7 Å². The molecule has 0 spiro atoms. The number of benzene rings is 1. The molecule has 0 aliphatic rings. The SMILES string of the molecule is Cc1nc2cccc(F)c2c(=O)n1-c1nnc(C(F)(F)F)s1. The van der Waals surface area contributed by atoms with Crippen molar-refractivity contribution < 1.29 is 17.6 Å². The van der Waals surface area contributed by atoms with Gasteiger partial charge in [0, 0.05) is 0 Å². The summed E-state index contributed by atoms with van der Waals surface area (Å²) in [5.41, 5.74) is -0.704. The van der Waals surface area contributed by atoms with Crippen molar-refractivity contribution in [3.8, 4) is 5.13 Å². The number of fused-ring (bicyclic) bond motifs is 1. The number of aryl methyl sites for hydroxylation is 1. The van der Waals surface area contributed by atoms with E-state index in [0.717, 1.165) is 10.6 Å². The molecular weight excluding hydrogens is 324 g/mol. The summed E-state index contributed by atoms with van der Waals surface area (Å²) in [5.74, 6) is -0.711. The molecule has 0 aliphatic heterocycles. The lowest BCUT2D eigenvalue weighted by Gasteiger charge is -2.07. The first-order valence-electron chi connectivity index (χ1n) is 5.88. The monoisotopic (exact) mass is 330 g/mol. The van der Waals surface area contributed by atoms with Crippen LogP contribution in [0.3, 0.4) is 0 Å². The molecule has 0 amide bonds. The van der Waals surface area contributed by atoms with Gasteiger partial charge >= 0.3 is 6.18 Å². The van der Waals surface area contributed by atoms with Crippen LogP contribution in [-0.4, -0.2) is 19.7 Å². The Balaban J connectivity index is 2.30. The summed E-state index contributed by atoms with van der Waals surface area (Å²) in [6, 6.07) is 3.91. The molecule has 0 saturated heterocycles. The Bertz CT molecular complexity index is 931. The van der Waals surface area contributed by atoms with E-state index >= 15 is 0 Å². The van der Waals surface area contributed by atoms with Crippen LogP contribution in [0.2, 0.25) is 0 Å². The molecule has 22 heavy (non-hydrogen) atoms. The zero-order valence-corrected chi connectivity index (χ0v) is 11.7. The predicted molar refractivity (Wildman–Crippen MR) is 70.5 cm³/mol. The van der Waals surface area contributed by atoms with Crippen molar-refractivity contribution >= 4 is 22.2 Å². The molecule has 1 aromatic carbocycles. The summed E-state index contributed by atoms with van der Waals surface area (Å²) in [5, 5.41) is 4.56. The van der Waals surface area contributed by atoms with E-state index in [-0.39, 0.29) is 33.2 Å². The minimum absolute atomic E-state index is 0.0907. The second kappa shape index (κ2) is 4.83. The van der Waals surface area contributed by atoms with Gasteiger partial charge in [-0.25, -0.2) is 13.9 Å². The Labute approximate surface area is 123 Å². The van der Waals surface area contributed by atoms with Gasteiger partial charge in [0.2, 0.25) is 10.1 Å². The highest BCUT2D eigenvalue weighted by Crippen LogP contribution is 2.32. The molecule has 5 nitrogen and oxygen atoms in total. The molecule has 0 bridgehead atoms. The Morgan fingerprint density at radius 1 is 1.23 bits per heavy atom. The molecular formula is C12H6F4N4OS. The van der Waals surface area contributed by atoms with Gasteiger partial charge in [-0.15, -0.1) is 10.2 Å². The van der Waals surface area contributed by atoms with Crippen LogP contribution >= 0.6 is 11.3 Å². The molecule has 3 aromatic rings. The van der Waals surface area contributed by atoms with Crippen molar-refractivity contribution in [3.05, 3.63) is 45.2 Å². The largest absolute Gasteiger partial charge is 0.445 e. The second-order valence-electron chi connectivity index (χ2n) is 4.32. The van der Waals surface area contributed by atoms with E-state index in [2.05, 4.69) is 15.2 Å². The first kappa shape index (κ1) is 14.6. The maximum Gasteiger partial charge on any atom is 0.445 e. The van der Waals surface area contributed by atoms with Crippen molar-refractivity contribution in [2.45, 2.75) is 13.1 Å². The van der Waals surface area contributed by atoms with Crippen molar-refractivity contribution in [1.82, 2.24) is 19.7 Å². The van der Waals surface area contributed by atoms with Crippen LogP contribution in [0.15, 0.2) is 23.0 Å². The first-order chi connectivity index (χ1) is 10.3. The summed E-state index contributed by atoms with van der Waals surface area (Å²) in [7, 11) is 0. The molecule has 0 aliphatic carbocycles. The number of hydrogen-bond donors (Lipinski definition) is 0. The Hall–Kier alpha value is -2.36.